The SMILES string of the molecule is NC(=NCCc1cccc(Cl)c1)Nc1ccccc1. The van der Waals surface area contributed by atoms with Gasteiger partial charge in [-0.25, -0.2) is 0 Å². The van der Waals surface area contributed by atoms with E-state index in [1.807, 2.05) is 54.6 Å². The van der Waals surface area contributed by atoms with E-state index in [2.05, 4.69) is 10.3 Å². The Morgan fingerprint density at radius 2 is 1.89 bits per heavy atom. The van der Waals surface area contributed by atoms with E-state index in [-0.39, 0.29) is 0 Å². The summed E-state index contributed by atoms with van der Waals surface area (Å²) in [6.07, 6.45) is 0.817. The molecule has 0 aliphatic carbocycles. The Kier molecular flexibility index (Phi) is 4.81. The van der Waals surface area contributed by atoms with Crippen LogP contribution in [0.4, 0.5) is 5.69 Å². The van der Waals surface area contributed by atoms with Crippen molar-refractivity contribution < 1.29 is 0 Å². The fourth-order valence-electron chi connectivity index (χ4n) is 1.71. The molecule has 0 spiro atoms. The van der Waals surface area contributed by atoms with Gasteiger partial charge in [0.15, 0.2) is 5.96 Å². The van der Waals surface area contributed by atoms with E-state index in [0.29, 0.717) is 12.5 Å². The molecule has 4 heteroatoms. The van der Waals surface area contributed by atoms with Crippen LogP contribution in [-0.2, 0) is 6.42 Å². The molecule has 19 heavy (non-hydrogen) atoms. The zero-order valence-electron chi connectivity index (χ0n) is 10.5. The van der Waals surface area contributed by atoms with Crippen molar-refractivity contribution in [3.8, 4) is 0 Å². The van der Waals surface area contributed by atoms with Crippen LogP contribution in [0.25, 0.3) is 0 Å². The van der Waals surface area contributed by atoms with Crippen LogP contribution in [0.2, 0.25) is 5.02 Å². The molecule has 0 aliphatic heterocycles. The largest absolute Gasteiger partial charge is 0.370 e. The first kappa shape index (κ1) is 13.4. The third-order valence-electron chi connectivity index (χ3n) is 2.62. The Labute approximate surface area is 118 Å². The number of aliphatic imine (C=N–C) groups is 1. The normalized spacial score (nSPS) is 11.3. The van der Waals surface area contributed by atoms with Gasteiger partial charge in [0, 0.05) is 17.3 Å². The second-order valence-electron chi connectivity index (χ2n) is 4.14. The van der Waals surface area contributed by atoms with Gasteiger partial charge in [0.2, 0.25) is 0 Å². The number of nitrogens with one attached hydrogen (secondary N) is 1. The molecule has 98 valence electrons. The zero-order chi connectivity index (χ0) is 13.5. The molecule has 2 aromatic rings. The molecule has 0 radical (unpaired) electrons. The Morgan fingerprint density at radius 1 is 1.11 bits per heavy atom. The first-order chi connectivity index (χ1) is 9.24. The highest BCUT2D eigenvalue weighted by atomic mass is 35.5. The average Bonchev–Trinajstić information content (AvgIpc) is 2.40. The van der Waals surface area contributed by atoms with Crippen molar-refractivity contribution in [3.63, 3.8) is 0 Å². The highest BCUT2D eigenvalue weighted by Gasteiger charge is 1.96. The highest BCUT2D eigenvalue weighted by Crippen LogP contribution is 2.11. The Hall–Kier alpha value is -2.00. The van der Waals surface area contributed by atoms with E-state index in [9.17, 15) is 0 Å². The van der Waals surface area contributed by atoms with Crippen LogP contribution in [0.3, 0.4) is 0 Å². The number of nitrogens with zero attached hydrogens (tertiary/aromatic N) is 1. The second-order valence-corrected chi connectivity index (χ2v) is 4.57. The standard InChI is InChI=1S/C15H16ClN3/c16-13-6-4-5-12(11-13)9-10-18-15(17)19-14-7-2-1-3-8-14/h1-8,11H,9-10H2,(H3,17,18,19). The molecule has 2 aromatic carbocycles. The van der Waals surface area contributed by atoms with E-state index >= 15 is 0 Å². The number of hydrogen-bond acceptors (Lipinski definition) is 1. The first-order valence-corrected chi connectivity index (χ1v) is 6.48. The average molecular weight is 274 g/mol. The summed E-state index contributed by atoms with van der Waals surface area (Å²) in [4.78, 5) is 4.28. The van der Waals surface area contributed by atoms with Gasteiger partial charge in [-0.15, -0.1) is 0 Å². The Bertz CT molecular complexity index is 552. The van der Waals surface area contributed by atoms with E-state index in [1.54, 1.807) is 0 Å². The summed E-state index contributed by atoms with van der Waals surface area (Å²) in [5.41, 5.74) is 7.91. The van der Waals surface area contributed by atoms with Gasteiger partial charge in [-0.2, -0.15) is 0 Å². The van der Waals surface area contributed by atoms with Crippen LogP contribution in [0.15, 0.2) is 59.6 Å². The van der Waals surface area contributed by atoms with E-state index in [4.69, 9.17) is 17.3 Å². The van der Waals surface area contributed by atoms with Gasteiger partial charge in [-0.1, -0.05) is 41.9 Å². The second kappa shape index (κ2) is 6.81. The van der Waals surface area contributed by atoms with Crippen molar-refractivity contribution >= 4 is 23.2 Å². The smallest absolute Gasteiger partial charge is 0.193 e. The molecular formula is C15H16ClN3. The Morgan fingerprint density at radius 3 is 2.63 bits per heavy atom. The monoisotopic (exact) mass is 273 g/mol. The zero-order valence-corrected chi connectivity index (χ0v) is 11.3. The summed E-state index contributed by atoms with van der Waals surface area (Å²) in [5, 5.41) is 3.79. The predicted octanol–water partition coefficient (Wildman–Crippen LogP) is 3.31. The maximum Gasteiger partial charge on any atom is 0.193 e. The van der Waals surface area contributed by atoms with Gasteiger partial charge in [0.05, 0.1) is 0 Å². The van der Waals surface area contributed by atoms with E-state index in [0.717, 1.165) is 22.7 Å². The minimum absolute atomic E-state index is 0.424. The van der Waals surface area contributed by atoms with Crippen molar-refractivity contribution in [3.05, 3.63) is 65.2 Å². The van der Waals surface area contributed by atoms with Crippen LogP contribution in [0.1, 0.15) is 5.56 Å². The molecule has 0 aliphatic rings. The summed E-state index contributed by atoms with van der Waals surface area (Å²) in [6.45, 7) is 0.631. The predicted molar refractivity (Wildman–Crippen MR) is 81.7 cm³/mol. The summed E-state index contributed by atoms with van der Waals surface area (Å²) in [5.74, 6) is 0.424. The fraction of sp³-hybridized carbons (Fsp3) is 0.133. The minimum atomic E-state index is 0.424. The van der Waals surface area contributed by atoms with Gasteiger partial charge in [0.1, 0.15) is 0 Å². The third-order valence-corrected chi connectivity index (χ3v) is 2.85. The van der Waals surface area contributed by atoms with Gasteiger partial charge in [0.25, 0.3) is 0 Å². The van der Waals surface area contributed by atoms with Gasteiger partial charge < -0.3 is 11.1 Å². The summed E-state index contributed by atoms with van der Waals surface area (Å²) < 4.78 is 0. The van der Waals surface area contributed by atoms with Gasteiger partial charge >= 0.3 is 0 Å². The van der Waals surface area contributed by atoms with Crippen molar-refractivity contribution in [1.82, 2.24) is 0 Å². The fourth-order valence-corrected chi connectivity index (χ4v) is 1.92. The number of benzene rings is 2. The Balaban J connectivity index is 1.85. The molecule has 3 nitrogen and oxygen atoms in total. The summed E-state index contributed by atoms with van der Waals surface area (Å²) in [7, 11) is 0. The van der Waals surface area contributed by atoms with Crippen molar-refractivity contribution in [2.45, 2.75) is 6.42 Å². The number of hydrogen-bond donors (Lipinski definition) is 2. The van der Waals surface area contributed by atoms with Crippen LogP contribution in [0, 0.1) is 0 Å². The lowest BCUT2D eigenvalue weighted by molar-refractivity contribution is 0.965. The lowest BCUT2D eigenvalue weighted by Crippen LogP contribution is -2.23. The molecule has 0 fully saturated rings. The van der Waals surface area contributed by atoms with E-state index < -0.39 is 0 Å². The number of guanidine groups is 1. The molecule has 0 amide bonds. The topological polar surface area (TPSA) is 50.4 Å². The lowest BCUT2D eigenvalue weighted by Gasteiger charge is -2.05. The molecule has 0 saturated heterocycles. The van der Waals surface area contributed by atoms with Crippen LogP contribution < -0.4 is 11.1 Å². The van der Waals surface area contributed by atoms with Crippen molar-refractivity contribution in [1.29, 1.82) is 0 Å². The van der Waals surface area contributed by atoms with Gasteiger partial charge in [-0.3, -0.25) is 4.99 Å². The number of rotatable bonds is 4. The van der Waals surface area contributed by atoms with Gasteiger partial charge in [-0.05, 0) is 36.2 Å². The molecule has 3 N–H and O–H groups in total. The minimum Gasteiger partial charge on any atom is -0.370 e. The molecular weight excluding hydrogens is 258 g/mol. The van der Waals surface area contributed by atoms with Crippen LogP contribution >= 0.6 is 11.6 Å². The van der Waals surface area contributed by atoms with E-state index in [1.165, 1.54) is 0 Å². The molecule has 0 bridgehead atoms. The van der Waals surface area contributed by atoms with Crippen molar-refractivity contribution in [2.75, 3.05) is 11.9 Å². The summed E-state index contributed by atoms with van der Waals surface area (Å²) in [6, 6.07) is 17.5. The summed E-state index contributed by atoms with van der Waals surface area (Å²) >= 11 is 5.92. The number of halogens is 1. The number of anilines is 1. The van der Waals surface area contributed by atoms with Crippen LogP contribution in [-0.4, -0.2) is 12.5 Å². The lowest BCUT2D eigenvalue weighted by atomic mass is 10.1. The third kappa shape index (κ3) is 4.64. The quantitative estimate of drug-likeness (QED) is 0.663. The maximum absolute atomic E-state index is 5.92. The highest BCUT2D eigenvalue weighted by molar-refractivity contribution is 6.30. The maximum atomic E-state index is 5.92. The molecule has 0 heterocycles. The van der Waals surface area contributed by atoms with Crippen LogP contribution in [0.5, 0.6) is 0 Å². The number of para-hydroxylation sites is 1. The first-order valence-electron chi connectivity index (χ1n) is 6.10. The molecule has 0 unspecified atom stereocenters. The molecule has 0 aromatic heterocycles. The molecule has 0 saturated carbocycles. The molecule has 0 atom stereocenters. The van der Waals surface area contributed by atoms with Crippen molar-refractivity contribution in [2.24, 2.45) is 10.7 Å². The molecule has 2 rings (SSSR count). The number of nitrogens with two attached hydrogens (primary N) is 1.